The highest BCUT2D eigenvalue weighted by Gasteiger charge is 2.32. The van der Waals surface area contributed by atoms with Crippen molar-refractivity contribution in [1.82, 2.24) is 4.90 Å². The number of hydrogen-bond donors (Lipinski definition) is 0. The summed E-state index contributed by atoms with van der Waals surface area (Å²) >= 11 is 6.15. The van der Waals surface area contributed by atoms with Crippen LogP contribution in [0.15, 0.2) is 36.4 Å². The average Bonchev–Trinajstić information content (AvgIpc) is 3.16. The first-order chi connectivity index (χ1) is 13.0. The number of benzene rings is 2. The number of non-ortho nitro benzene ring substituents is 1. The van der Waals surface area contributed by atoms with E-state index in [9.17, 15) is 14.9 Å². The van der Waals surface area contributed by atoms with Crippen LogP contribution >= 0.6 is 11.6 Å². The normalized spacial score (nSPS) is 18.4. The molecule has 0 saturated carbocycles. The number of ether oxygens (including phenoxy) is 2. The molecule has 7 nitrogen and oxygen atoms in total. The zero-order valence-corrected chi connectivity index (χ0v) is 15.1. The van der Waals surface area contributed by atoms with E-state index in [-0.39, 0.29) is 28.2 Å². The van der Waals surface area contributed by atoms with Crippen LogP contribution in [-0.4, -0.2) is 35.5 Å². The number of hydrogen-bond acceptors (Lipinski definition) is 5. The van der Waals surface area contributed by atoms with Gasteiger partial charge in [0.1, 0.15) is 13.2 Å². The van der Waals surface area contributed by atoms with E-state index in [2.05, 4.69) is 0 Å². The van der Waals surface area contributed by atoms with Crippen LogP contribution in [0.25, 0.3) is 0 Å². The van der Waals surface area contributed by atoms with Crippen LogP contribution in [0.1, 0.15) is 34.8 Å². The van der Waals surface area contributed by atoms with Gasteiger partial charge in [-0.1, -0.05) is 17.7 Å². The van der Waals surface area contributed by atoms with E-state index in [1.807, 2.05) is 18.2 Å². The summed E-state index contributed by atoms with van der Waals surface area (Å²) in [6, 6.07) is 9.56. The molecular weight excluding hydrogens is 372 g/mol. The lowest BCUT2D eigenvalue weighted by atomic mass is 10.0. The Morgan fingerprint density at radius 3 is 2.67 bits per heavy atom. The second kappa shape index (κ2) is 7.08. The van der Waals surface area contributed by atoms with Gasteiger partial charge in [-0.15, -0.1) is 0 Å². The van der Waals surface area contributed by atoms with E-state index in [4.69, 9.17) is 21.1 Å². The Morgan fingerprint density at radius 2 is 1.93 bits per heavy atom. The first-order valence-electron chi connectivity index (χ1n) is 8.69. The van der Waals surface area contributed by atoms with Crippen LogP contribution in [0.5, 0.6) is 11.5 Å². The Bertz CT molecular complexity index is 917. The summed E-state index contributed by atoms with van der Waals surface area (Å²) in [6.45, 7) is 1.63. The molecule has 4 rings (SSSR count). The SMILES string of the molecule is O=C(c1ccc([N+](=O)[O-])cc1Cl)N1CCC[C@H]1c1ccc2c(c1)OCCO2. The van der Waals surface area contributed by atoms with Gasteiger partial charge in [-0.05, 0) is 36.6 Å². The topological polar surface area (TPSA) is 81.9 Å². The van der Waals surface area contributed by atoms with Crippen LogP contribution in [0, 0.1) is 10.1 Å². The number of nitrogens with zero attached hydrogens (tertiary/aromatic N) is 2. The minimum absolute atomic E-state index is 0.0852. The molecule has 8 heteroatoms. The number of halogens is 1. The van der Waals surface area contributed by atoms with Crippen molar-refractivity contribution in [3.05, 3.63) is 62.7 Å². The molecule has 2 aromatic rings. The zero-order valence-electron chi connectivity index (χ0n) is 14.4. The summed E-state index contributed by atoms with van der Waals surface area (Å²) in [5.74, 6) is 1.16. The molecule has 0 unspecified atom stereocenters. The second-order valence-corrected chi connectivity index (χ2v) is 6.89. The van der Waals surface area contributed by atoms with Gasteiger partial charge in [0.25, 0.3) is 11.6 Å². The van der Waals surface area contributed by atoms with E-state index in [0.717, 1.165) is 18.4 Å². The lowest BCUT2D eigenvalue weighted by molar-refractivity contribution is -0.384. The zero-order chi connectivity index (χ0) is 19.0. The fourth-order valence-electron chi connectivity index (χ4n) is 3.57. The van der Waals surface area contributed by atoms with Gasteiger partial charge in [-0.3, -0.25) is 14.9 Å². The molecule has 0 spiro atoms. The van der Waals surface area contributed by atoms with Crippen LogP contribution in [0.2, 0.25) is 5.02 Å². The number of carbonyl (C=O) groups is 1. The van der Waals surface area contributed by atoms with E-state index < -0.39 is 4.92 Å². The number of amides is 1. The standard InChI is InChI=1S/C19H17ClN2O5/c20-15-11-13(22(24)25)4-5-14(15)19(23)21-7-1-2-16(21)12-3-6-17-18(10-12)27-9-8-26-17/h3-6,10-11,16H,1-2,7-9H2/t16-/m0/s1. The van der Waals surface area contributed by atoms with E-state index in [1.54, 1.807) is 4.90 Å². The maximum Gasteiger partial charge on any atom is 0.270 e. The molecule has 0 radical (unpaired) electrons. The third-order valence-corrected chi connectivity index (χ3v) is 5.17. The van der Waals surface area contributed by atoms with Crippen molar-refractivity contribution in [1.29, 1.82) is 0 Å². The molecule has 1 atom stereocenters. The van der Waals surface area contributed by atoms with Gasteiger partial charge in [0.2, 0.25) is 0 Å². The maximum atomic E-state index is 13.0. The van der Waals surface area contributed by atoms with Crippen LogP contribution in [-0.2, 0) is 0 Å². The van der Waals surface area contributed by atoms with Gasteiger partial charge in [-0.25, -0.2) is 0 Å². The second-order valence-electron chi connectivity index (χ2n) is 6.48. The average molecular weight is 389 g/mol. The fourth-order valence-corrected chi connectivity index (χ4v) is 3.82. The molecule has 0 aliphatic carbocycles. The summed E-state index contributed by atoms with van der Waals surface area (Å²) in [7, 11) is 0. The van der Waals surface area contributed by atoms with Crippen molar-refractivity contribution in [3.8, 4) is 11.5 Å². The molecular formula is C19H17ClN2O5. The van der Waals surface area contributed by atoms with Gasteiger partial charge in [-0.2, -0.15) is 0 Å². The molecule has 27 heavy (non-hydrogen) atoms. The number of likely N-dealkylation sites (tertiary alicyclic amines) is 1. The van der Waals surface area contributed by atoms with E-state index in [0.29, 0.717) is 31.3 Å². The van der Waals surface area contributed by atoms with Gasteiger partial charge in [0.15, 0.2) is 11.5 Å². The minimum atomic E-state index is -0.534. The Balaban J connectivity index is 1.61. The number of fused-ring (bicyclic) bond motifs is 1. The summed E-state index contributed by atoms with van der Waals surface area (Å²) in [4.78, 5) is 25.1. The first-order valence-corrected chi connectivity index (χ1v) is 9.07. The van der Waals surface area contributed by atoms with Gasteiger partial charge >= 0.3 is 0 Å². The van der Waals surface area contributed by atoms with Crippen LogP contribution in [0.4, 0.5) is 5.69 Å². The highest BCUT2D eigenvalue weighted by Crippen LogP contribution is 2.39. The molecule has 2 heterocycles. The minimum Gasteiger partial charge on any atom is -0.486 e. The predicted molar refractivity (Wildman–Crippen MR) is 98.5 cm³/mol. The molecule has 1 amide bonds. The number of rotatable bonds is 3. The Morgan fingerprint density at radius 1 is 1.15 bits per heavy atom. The third-order valence-electron chi connectivity index (χ3n) is 4.86. The summed E-state index contributed by atoms with van der Waals surface area (Å²) in [5.41, 5.74) is 1.11. The van der Waals surface area contributed by atoms with Gasteiger partial charge in [0, 0.05) is 18.7 Å². The lowest BCUT2D eigenvalue weighted by Gasteiger charge is -2.27. The number of nitro groups is 1. The molecule has 140 valence electrons. The highest BCUT2D eigenvalue weighted by molar-refractivity contribution is 6.34. The highest BCUT2D eigenvalue weighted by atomic mass is 35.5. The number of carbonyl (C=O) groups excluding carboxylic acids is 1. The fraction of sp³-hybridized carbons (Fsp3) is 0.316. The smallest absolute Gasteiger partial charge is 0.270 e. The Labute approximate surface area is 160 Å². The van der Waals surface area contributed by atoms with Crippen LogP contribution < -0.4 is 9.47 Å². The van der Waals surface area contributed by atoms with Crippen molar-refractivity contribution >= 4 is 23.2 Å². The third kappa shape index (κ3) is 3.30. The Kier molecular flexibility index (Phi) is 4.61. The van der Waals surface area contributed by atoms with E-state index >= 15 is 0 Å². The largest absolute Gasteiger partial charge is 0.486 e. The molecule has 0 bridgehead atoms. The quantitative estimate of drug-likeness (QED) is 0.586. The molecule has 1 fully saturated rings. The maximum absolute atomic E-state index is 13.0. The number of nitro benzene ring substituents is 1. The molecule has 1 saturated heterocycles. The van der Waals surface area contributed by atoms with Gasteiger partial charge < -0.3 is 14.4 Å². The first kappa shape index (κ1) is 17.6. The molecule has 2 aromatic carbocycles. The lowest BCUT2D eigenvalue weighted by Crippen LogP contribution is -2.31. The van der Waals surface area contributed by atoms with Crippen molar-refractivity contribution in [3.63, 3.8) is 0 Å². The molecule has 2 aliphatic rings. The van der Waals surface area contributed by atoms with Crippen molar-refractivity contribution in [2.24, 2.45) is 0 Å². The molecule has 0 N–H and O–H groups in total. The van der Waals surface area contributed by atoms with Crippen molar-refractivity contribution < 1.29 is 19.2 Å². The summed E-state index contributed by atoms with van der Waals surface area (Å²) in [5, 5.41) is 11.0. The van der Waals surface area contributed by atoms with Crippen LogP contribution in [0.3, 0.4) is 0 Å². The summed E-state index contributed by atoms with van der Waals surface area (Å²) < 4.78 is 11.2. The van der Waals surface area contributed by atoms with Gasteiger partial charge in [0.05, 0.1) is 21.6 Å². The molecule has 0 aromatic heterocycles. The van der Waals surface area contributed by atoms with Crippen molar-refractivity contribution in [2.75, 3.05) is 19.8 Å². The Hall–Kier alpha value is -2.80. The predicted octanol–water partition coefficient (Wildman–Crippen LogP) is 4.00. The van der Waals surface area contributed by atoms with Crippen molar-refractivity contribution in [2.45, 2.75) is 18.9 Å². The monoisotopic (exact) mass is 388 g/mol. The summed E-state index contributed by atoms with van der Waals surface area (Å²) in [6.07, 6.45) is 1.70. The molecule has 2 aliphatic heterocycles. The van der Waals surface area contributed by atoms with E-state index in [1.165, 1.54) is 18.2 Å².